The van der Waals surface area contributed by atoms with E-state index in [-0.39, 0.29) is 12.7 Å². The zero-order valence-electron chi connectivity index (χ0n) is 24.5. The second-order valence-electron chi connectivity index (χ2n) is 10.9. The summed E-state index contributed by atoms with van der Waals surface area (Å²) in [4.78, 5) is 2.60. The van der Waals surface area contributed by atoms with Crippen molar-refractivity contribution >= 4 is 0 Å². The first-order chi connectivity index (χ1) is 19.6. The SMILES string of the molecule is COCCc1ccc(OCC(O)CN[C@@H]2CCN([C@@H]3CCCC[C@@H]3OCCc3ccc(OC)c(OC)c3)C2)cc1. The van der Waals surface area contributed by atoms with Crippen LogP contribution in [0.15, 0.2) is 42.5 Å². The molecule has 1 saturated carbocycles. The molecule has 1 heterocycles. The number of hydrogen-bond donors (Lipinski definition) is 2. The molecule has 2 aromatic rings. The third-order valence-electron chi connectivity index (χ3n) is 8.13. The van der Waals surface area contributed by atoms with Crippen molar-refractivity contribution in [3.63, 3.8) is 0 Å². The highest BCUT2D eigenvalue weighted by Gasteiger charge is 2.35. The van der Waals surface area contributed by atoms with Gasteiger partial charge in [0.2, 0.25) is 0 Å². The molecule has 4 atom stereocenters. The molecule has 0 radical (unpaired) electrons. The Bertz CT molecular complexity index is 1000. The Labute approximate surface area is 239 Å². The van der Waals surface area contributed by atoms with Crippen LogP contribution in [0.3, 0.4) is 0 Å². The van der Waals surface area contributed by atoms with Crippen molar-refractivity contribution in [3.8, 4) is 17.2 Å². The van der Waals surface area contributed by atoms with Gasteiger partial charge in [0.15, 0.2) is 11.5 Å². The maximum Gasteiger partial charge on any atom is 0.160 e. The summed E-state index contributed by atoms with van der Waals surface area (Å²) in [6.45, 7) is 4.28. The molecule has 1 aliphatic carbocycles. The summed E-state index contributed by atoms with van der Waals surface area (Å²) in [7, 11) is 5.04. The minimum atomic E-state index is -0.551. The molecule has 1 saturated heterocycles. The molecule has 40 heavy (non-hydrogen) atoms. The monoisotopic (exact) mass is 556 g/mol. The largest absolute Gasteiger partial charge is 0.493 e. The van der Waals surface area contributed by atoms with Crippen LogP contribution < -0.4 is 19.5 Å². The van der Waals surface area contributed by atoms with Crippen LogP contribution in [0.1, 0.15) is 43.2 Å². The first-order valence-corrected chi connectivity index (χ1v) is 14.8. The van der Waals surface area contributed by atoms with E-state index < -0.39 is 6.10 Å². The van der Waals surface area contributed by atoms with Gasteiger partial charge in [-0.25, -0.2) is 0 Å². The van der Waals surface area contributed by atoms with Crippen molar-refractivity contribution in [2.75, 3.05) is 60.8 Å². The topological polar surface area (TPSA) is 81.7 Å². The number of ether oxygens (including phenoxy) is 5. The van der Waals surface area contributed by atoms with E-state index in [2.05, 4.69) is 16.3 Å². The van der Waals surface area contributed by atoms with Crippen LogP contribution in [0, 0.1) is 0 Å². The van der Waals surface area contributed by atoms with Crippen LogP contribution in [0.25, 0.3) is 0 Å². The molecular formula is C32H48N2O6. The fraction of sp³-hybridized carbons (Fsp3) is 0.625. The van der Waals surface area contributed by atoms with Gasteiger partial charge in [-0.3, -0.25) is 4.90 Å². The van der Waals surface area contributed by atoms with Crippen LogP contribution in [-0.4, -0.2) is 95.1 Å². The van der Waals surface area contributed by atoms with Crippen molar-refractivity contribution in [2.45, 2.75) is 69.2 Å². The lowest BCUT2D eigenvalue weighted by Crippen LogP contribution is -2.47. The average molecular weight is 557 g/mol. The van der Waals surface area contributed by atoms with E-state index >= 15 is 0 Å². The smallest absolute Gasteiger partial charge is 0.160 e. The van der Waals surface area contributed by atoms with Crippen LogP contribution in [-0.2, 0) is 22.3 Å². The second-order valence-corrected chi connectivity index (χ2v) is 10.9. The number of nitrogens with zero attached hydrogens (tertiary/aromatic N) is 1. The summed E-state index contributed by atoms with van der Waals surface area (Å²) in [6.07, 6.45) is 7.35. The van der Waals surface area contributed by atoms with Gasteiger partial charge in [-0.05, 0) is 67.5 Å². The first-order valence-electron chi connectivity index (χ1n) is 14.8. The Morgan fingerprint density at radius 2 is 1.65 bits per heavy atom. The summed E-state index contributed by atoms with van der Waals surface area (Å²) in [5.41, 5.74) is 2.41. The maximum atomic E-state index is 10.5. The standard InChI is InChI=1S/C32H48N2O6/c1-36-18-15-24-8-11-28(12-9-24)40-23-27(35)21-33-26-14-17-34(22-26)29-6-4-5-7-30(29)39-19-16-25-10-13-31(37-2)32(20-25)38-3/h8-13,20,26-27,29-30,33,35H,4-7,14-19,21-23H2,1-3H3/t26-,27?,29-,30+/m1/s1. The summed E-state index contributed by atoms with van der Waals surface area (Å²) in [5.74, 6) is 2.29. The second kappa shape index (κ2) is 16.2. The van der Waals surface area contributed by atoms with Crippen molar-refractivity contribution < 1.29 is 28.8 Å². The number of aliphatic hydroxyl groups excluding tert-OH is 1. The van der Waals surface area contributed by atoms with Crippen molar-refractivity contribution in [1.29, 1.82) is 0 Å². The van der Waals surface area contributed by atoms with Crippen molar-refractivity contribution in [2.24, 2.45) is 0 Å². The molecule has 0 aromatic heterocycles. The van der Waals surface area contributed by atoms with Gasteiger partial charge in [-0.1, -0.05) is 31.0 Å². The van der Waals surface area contributed by atoms with Gasteiger partial charge in [0.25, 0.3) is 0 Å². The van der Waals surface area contributed by atoms with E-state index in [1.165, 1.54) is 30.4 Å². The van der Waals surface area contributed by atoms with Crippen LogP contribution in [0.4, 0.5) is 0 Å². The van der Waals surface area contributed by atoms with E-state index in [1.54, 1.807) is 21.3 Å². The van der Waals surface area contributed by atoms with Gasteiger partial charge >= 0.3 is 0 Å². The van der Waals surface area contributed by atoms with E-state index in [4.69, 9.17) is 23.7 Å². The van der Waals surface area contributed by atoms with Crippen molar-refractivity contribution in [3.05, 3.63) is 53.6 Å². The van der Waals surface area contributed by atoms with E-state index in [1.807, 2.05) is 36.4 Å². The molecule has 4 rings (SSSR count). The highest BCUT2D eigenvalue weighted by Crippen LogP contribution is 2.30. The highest BCUT2D eigenvalue weighted by atomic mass is 16.5. The van der Waals surface area contributed by atoms with Gasteiger partial charge in [-0.15, -0.1) is 0 Å². The maximum absolute atomic E-state index is 10.5. The first kappa shape index (κ1) is 30.6. The average Bonchev–Trinajstić information content (AvgIpc) is 3.47. The molecule has 0 bridgehead atoms. The third kappa shape index (κ3) is 9.08. The molecule has 2 fully saturated rings. The molecule has 222 valence electrons. The van der Waals surface area contributed by atoms with Gasteiger partial charge < -0.3 is 34.1 Å². The number of nitrogens with one attached hydrogen (secondary N) is 1. The van der Waals surface area contributed by atoms with Crippen LogP contribution >= 0.6 is 0 Å². The number of rotatable bonds is 16. The summed E-state index contributed by atoms with van der Waals surface area (Å²) in [6, 6.07) is 14.9. The molecule has 1 aliphatic heterocycles. The van der Waals surface area contributed by atoms with Gasteiger partial charge in [0, 0.05) is 38.8 Å². The lowest BCUT2D eigenvalue weighted by molar-refractivity contribution is -0.0296. The Hall–Kier alpha value is -2.36. The Kier molecular flexibility index (Phi) is 12.4. The molecule has 8 heteroatoms. The summed E-state index contributed by atoms with van der Waals surface area (Å²) in [5, 5.41) is 14.1. The lowest BCUT2D eigenvalue weighted by Gasteiger charge is -2.38. The normalized spacial score (nSPS) is 22.2. The number of aliphatic hydroxyl groups is 1. The van der Waals surface area contributed by atoms with E-state index in [0.29, 0.717) is 31.8 Å². The minimum absolute atomic E-state index is 0.271. The van der Waals surface area contributed by atoms with Crippen LogP contribution in [0.5, 0.6) is 17.2 Å². The Morgan fingerprint density at radius 1 is 0.900 bits per heavy atom. The lowest BCUT2D eigenvalue weighted by atomic mass is 9.91. The molecule has 2 N–H and O–H groups in total. The predicted molar refractivity (Wildman–Crippen MR) is 157 cm³/mol. The van der Waals surface area contributed by atoms with Crippen LogP contribution in [0.2, 0.25) is 0 Å². The zero-order chi connectivity index (χ0) is 28.2. The minimum Gasteiger partial charge on any atom is -0.493 e. The molecule has 0 amide bonds. The fourth-order valence-corrected chi connectivity index (χ4v) is 5.84. The van der Waals surface area contributed by atoms with Gasteiger partial charge in [0.05, 0.1) is 33.5 Å². The number of hydrogen-bond acceptors (Lipinski definition) is 8. The summed E-state index contributed by atoms with van der Waals surface area (Å²) >= 11 is 0. The van der Waals surface area contributed by atoms with E-state index in [9.17, 15) is 5.11 Å². The highest BCUT2D eigenvalue weighted by molar-refractivity contribution is 5.42. The number of likely N-dealkylation sites (tertiary alicyclic amines) is 1. The molecule has 8 nitrogen and oxygen atoms in total. The third-order valence-corrected chi connectivity index (χ3v) is 8.13. The zero-order valence-corrected chi connectivity index (χ0v) is 24.5. The molecule has 2 aliphatic rings. The van der Waals surface area contributed by atoms with Gasteiger partial charge in [-0.2, -0.15) is 0 Å². The quantitative estimate of drug-likeness (QED) is 0.323. The fourth-order valence-electron chi connectivity index (χ4n) is 5.84. The predicted octanol–water partition coefficient (Wildman–Crippen LogP) is 3.87. The Morgan fingerprint density at radius 3 is 2.42 bits per heavy atom. The van der Waals surface area contributed by atoms with Crippen molar-refractivity contribution in [1.82, 2.24) is 10.2 Å². The number of methoxy groups -OCH3 is 3. The molecule has 2 aromatic carbocycles. The van der Waals surface area contributed by atoms with E-state index in [0.717, 1.165) is 56.0 Å². The molecular weight excluding hydrogens is 508 g/mol. The Balaban J connectivity index is 1.16. The molecule has 1 unspecified atom stereocenters. The number of benzene rings is 2. The van der Waals surface area contributed by atoms with Gasteiger partial charge in [0.1, 0.15) is 18.5 Å². The summed E-state index contributed by atoms with van der Waals surface area (Å²) < 4.78 is 28.2. The molecule has 0 spiro atoms.